The number of nitrogens with zero attached hydrogens (tertiary/aromatic N) is 1. The molecule has 3 N–H and O–H groups in total. The molecule has 0 aromatic heterocycles. The van der Waals surface area contributed by atoms with E-state index in [1.807, 2.05) is 91.9 Å². The fourth-order valence-electron chi connectivity index (χ4n) is 3.29. The van der Waals surface area contributed by atoms with E-state index < -0.39 is 22.3 Å². The van der Waals surface area contributed by atoms with E-state index in [1.165, 1.54) is 9.87 Å². The molecule has 30 heavy (non-hydrogen) atoms. The van der Waals surface area contributed by atoms with Crippen LogP contribution in [0, 0.1) is 6.92 Å². The fraction of sp³-hybridized carbons (Fsp3) is 0.250. The van der Waals surface area contributed by atoms with Gasteiger partial charge in [-0.1, -0.05) is 90.5 Å². The van der Waals surface area contributed by atoms with Crippen molar-refractivity contribution in [2.45, 2.75) is 25.4 Å². The number of hydrogen-bond acceptors (Lipinski definition) is 3. The van der Waals surface area contributed by atoms with Gasteiger partial charge in [-0.3, -0.25) is 0 Å². The van der Waals surface area contributed by atoms with Crippen molar-refractivity contribution in [1.29, 1.82) is 0 Å². The summed E-state index contributed by atoms with van der Waals surface area (Å²) in [6, 6.07) is 26.0. The molecule has 0 radical (unpaired) electrons. The number of benzene rings is 3. The molecule has 3 aromatic rings. The second-order valence-electron chi connectivity index (χ2n) is 7.50. The van der Waals surface area contributed by atoms with E-state index in [1.54, 1.807) is 7.05 Å². The average Bonchev–Trinajstić information content (AvgIpc) is 2.77. The molecule has 0 unspecified atom stereocenters. The lowest BCUT2D eigenvalue weighted by molar-refractivity contribution is 0.434. The van der Waals surface area contributed by atoms with E-state index in [2.05, 4.69) is 4.72 Å². The highest BCUT2D eigenvalue weighted by atomic mass is 32.2. The summed E-state index contributed by atoms with van der Waals surface area (Å²) in [6.07, 6.45) is 0.637. The standard InChI is InChI=1S/C24H29N3O2S/c1-19-13-15-20(16-14-19)17-18-27(2)30(28,29)26-24(22-11-7-4-8-12-22)23(25)21-9-5-3-6-10-21/h3-16,23-24,26H,17-18,25H2,1-2H3/t23-,24-/m0/s1. The first-order chi connectivity index (χ1) is 14.4. The summed E-state index contributed by atoms with van der Waals surface area (Å²) in [4.78, 5) is 0. The molecule has 6 heteroatoms. The molecular weight excluding hydrogens is 394 g/mol. The van der Waals surface area contributed by atoms with Gasteiger partial charge >= 0.3 is 0 Å². The predicted molar refractivity (Wildman–Crippen MR) is 122 cm³/mol. The van der Waals surface area contributed by atoms with Crippen LogP contribution in [0.3, 0.4) is 0 Å². The highest BCUT2D eigenvalue weighted by Crippen LogP contribution is 2.27. The van der Waals surface area contributed by atoms with Crippen molar-refractivity contribution in [2.24, 2.45) is 5.73 Å². The van der Waals surface area contributed by atoms with Gasteiger partial charge in [-0.15, -0.1) is 0 Å². The molecule has 3 aromatic carbocycles. The molecule has 0 aliphatic heterocycles. The minimum Gasteiger partial charge on any atom is -0.322 e. The van der Waals surface area contributed by atoms with E-state index in [9.17, 15) is 8.42 Å². The third kappa shape index (κ3) is 5.77. The normalized spacial score (nSPS) is 13.9. The molecule has 0 aliphatic carbocycles. The first-order valence-electron chi connectivity index (χ1n) is 10.0. The smallest absolute Gasteiger partial charge is 0.279 e. The molecule has 0 saturated heterocycles. The van der Waals surface area contributed by atoms with Gasteiger partial charge in [0.1, 0.15) is 0 Å². The summed E-state index contributed by atoms with van der Waals surface area (Å²) in [5.41, 5.74) is 10.5. The summed E-state index contributed by atoms with van der Waals surface area (Å²) in [5, 5.41) is 0. The van der Waals surface area contributed by atoms with Gasteiger partial charge < -0.3 is 5.73 Å². The van der Waals surface area contributed by atoms with Crippen LogP contribution in [0.25, 0.3) is 0 Å². The van der Waals surface area contributed by atoms with Crippen molar-refractivity contribution in [2.75, 3.05) is 13.6 Å². The second-order valence-corrected chi connectivity index (χ2v) is 9.31. The van der Waals surface area contributed by atoms with Crippen molar-refractivity contribution >= 4 is 10.2 Å². The monoisotopic (exact) mass is 423 g/mol. The highest BCUT2D eigenvalue weighted by Gasteiger charge is 2.28. The van der Waals surface area contributed by atoms with Crippen LogP contribution in [-0.4, -0.2) is 26.3 Å². The van der Waals surface area contributed by atoms with Crippen LogP contribution >= 0.6 is 0 Å². The van der Waals surface area contributed by atoms with Crippen molar-refractivity contribution < 1.29 is 8.42 Å². The molecule has 5 nitrogen and oxygen atoms in total. The van der Waals surface area contributed by atoms with Crippen LogP contribution in [0.1, 0.15) is 34.3 Å². The van der Waals surface area contributed by atoms with Crippen LogP contribution in [-0.2, 0) is 16.6 Å². The Labute approximate surface area is 179 Å². The summed E-state index contributed by atoms with van der Waals surface area (Å²) in [6.45, 7) is 2.41. The molecule has 0 heterocycles. The molecule has 0 saturated carbocycles. The maximum atomic E-state index is 13.1. The summed E-state index contributed by atoms with van der Waals surface area (Å²) < 4.78 is 30.3. The Balaban J connectivity index is 1.77. The number of nitrogens with two attached hydrogens (primary N) is 1. The second kappa shape index (κ2) is 10.00. The lowest BCUT2D eigenvalue weighted by atomic mass is 9.95. The first-order valence-corrected chi connectivity index (χ1v) is 11.5. The maximum absolute atomic E-state index is 13.1. The Morgan fingerprint density at radius 3 is 1.97 bits per heavy atom. The van der Waals surface area contributed by atoms with E-state index >= 15 is 0 Å². The SMILES string of the molecule is Cc1ccc(CCN(C)S(=O)(=O)N[C@@H](c2ccccc2)[C@@H](N)c2ccccc2)cc1. The number of likely N-dealkylation sites (N-methyl/N-ethyl adjacent to an activating group) is 1. The zero-order valence-corrected chi connectivity index (χ0v) is 18.2. The Bertz CT molecular complexity index is 1020. The van der Waals surface area contributed by atoms with Gasteiger partial charge in [-0.2, -0.15) is 17.4 Å². The quantitative estimate of drug-likeness (QED) is 0.550. The zero-order valence-electron chi connectivity index (χ0n) is 17.4. The Morgan fingerprint density at radius 1 is 0.867 bits per heavy atom. The first kappa shape index (κ1) is 22.2. The Kier molecular flexibility index (Phi) is 7.39. The molecule has 3 rings (SSSR count). The van der Waals surface area contributed by atoms with E-state index in [-0.39, 0.29) is 0 Å². The largest absolute Gasteiger partial charge is 0.322 e. The molecule has 0 fully saturated rings. The molecule has 0 amide bonds. The molecule has 158 valence electrons. The van der Waals surface area contributed by atoms with Crippen molar-refractivity contribution in [3.63, 3.8) is 0 Å². The number of hydrogen-bond donors (Lipinski definition) is 2. The molecule has 2 atom stereocenters. The summed E-state index contributed by atoms with van der Waals surface area (Å²) in [7, 11) is -2.15. The number of rotatable bonds is 9. The van der Waals surface area contributed by atoms with Gasteiger partial charge in [-0.25, -0.2) is 0 Å². The molecule has 0 bridgehead atoms. The predicted octanol–water partition coefficient (Wildman–Crippen LogP) is 3.75. The minimum absolute atomic E-state index is 0.375. The molecule has 0 spiro atoms. The van der Waals surface area contributed by atoms with Gasteiger partial charge in [0.25, 0.3) is 10.2 Å². The number of aryl methyl sites for hydroxylation is 1. The van der Waals surface area contributed by atoms with Crippen LogP contribution in [0.15, 0.2) is 84.9 Å². The van der Waals surface area contributed by atoms with Gasteiger partial charge in [0, 0.05) is 13.6 Å². The van der Waals surface area contributed by atoms with Crippen molar-refractivity contribution in [3.8, 4) is 0 Å². The lowest BCUT2D eigenvalue weighted by Crippen LogP contribution is -2.44. The molecule has 0 aliphatic rings. The fourth-order valence-corrected chi connectivity index (χ4v) is 4.40. The minimum atomic E-state index is -3.74. The third-order valence-corrected chi connectivity index (χ3v) is 6.78. The summed E-state index contributed by atoms with van der Waals surface area (Å²) >= 11 is 0. The van der Waals surface area contributed by atoms with Gasteiger partial charge in [-0.05, 0) is 30.0 Å². The van der Waals surface area contributed by atoms with Gasteiger partial charge in [0.05, 0.1) is 12.1 Å². The maximum Gasteiger partial charge on any atom is 0.279 e. The topological polar surface area (TPSA) is 75.4 Å². The number of nitrogens with one attached hydrogen (secondary N) is 1. The van der Waals surface area contributed by atoms with Crippen LogP contribution in [0.4, 0.5) is 0 Å². The van der Waals surface area contributed by atoms with Crippen molar-refractivity contribution in [1.82, 2.24) is 9.03 Å². The highest BCUT2D eigenvalue weighted by molar-refractivity contribution is 7.87. The van der Waals surface area contributed by atoms with E-state index in [0.717, 1.165) is 16.7 Å². The third-order valence-electron chi connectivity index (χ3n) is 5.22. The zero-order chi connectivity index (χ0) is 21.6. The van der Waals surface area contributed by atoms with Crippen LogP contribution in [0.2, 0.25) is 0 Å². The van der Waals surface area contributed by atoms with Gasteiger partial charge in [0.2, 0.25) is 0 Å². The van der Waals surface area contributed by atoms with E-state index in [0.29, 0.717) is 13.0 Å². The van der Waals surface area contributed by atoms with E-state index in [4.69, 9.17) is 5.73 Å². The Morgan fingerprint density at radius 2 is 1.40 bits per heavy atom. The van der Waals surface area contributed by atoms with Gasteiger partial charge in [0.15, 0.2) is 0 Å². The summed E-state index contributed by atoms with van der Waals surface area (Å²) in [5.74, 6) is 0. The van der Waals surface area contributed by atoms with Crippen molar-refractivity contribution in [3.05, 3.63) is 107 Å². The lowest BCUT2D eigenvalue weighted by Gasteiger charge is -2.28. The Hall–Kier alpha value is -2.51. The van der Waals surface area contributed by atoms with Crippen LogP contribution in [0.5, 0.6) is 0 Å². The molecular formula is C24H29N3O2S. The average molecular weight is 424 g/mol. The van der Waals surface area contributed by atoms with Crippen LogP contribution < -0.4 is 10.5 Å².